The molecule has 1 aliphatic rings. The van der Waals surface area contributed by atoms with Crippen LogP contribution in [0.15, 0.2) is 52.9 Å². The van der Waals surface area contributed by atoms with Crippen molar-refractivity contribution >= 4 is 45.5 Å². The highest BCUT2D eigenvalue weighted by Gasteiger charge is 2.30. The zero-order chi connectivity index (χ0) is 19.5. The standard InChI is InChI=1S/C20H20N4O2S2/c1-13-10-14-6-3-4-9-17(14)24(13)18(25)12-27-20-23-22-19(28-20)21-15-7-5-8-16(11-15)26-2/h3-9,11,13H,10,12H2,1-2H3,(H,21,22)/t13-/m0/s1. The molecule has 2 aromatic carbocycles. The van der Waals surface area contributed by atoms with E-state index >= 15 is 0 Å². The molecule has 1 N–H and O–H groups in total. The van der Waals surface area contributed by atoms with Gasteiger partial charge in [0.2, 0.25) is 11.0 Å². The van der Waals surface area contributed by atoms with Crippen LogP contribution < -0.4 is 15.0 Å². The fourth-order valence-electron chi connectivity index (χ4n) is 3.28. The lowest BCUT2D eigenvalue weighted by Crippen LogP contribution is -2.36. The lowest BCUT2D eigenvalue weighted by atomic mass is 10.1. The van der Waals surface area contributed by atoms with Gasteiger partial charge in [0.05, 0.1) is 12.9 Å². The van der Waals surface area contributed by atoms with Crippen LogP contribution in [0.4, 0.5) is 16.5 Å². The number of fused-ring (bicyclic) bond motifs is 1. The molecule has 1 aromatic heterocycles. The Morgan fingerprint density at radius 2 is 2.14 bits per heavy atom. The van der Waals surface area contributed by atoms with E-state index in [1.807, 2.05) is 47.4 Å². The predicted molar refractivity (Wildman–Crippen MR) is 114 cm³/mol. The van der Waals surface area contributed by atoms with Crippen LogP contribution >= 0.6 is 23.1 Å². The number of carbonyl (C=O) groups excluding carboxylic acids is 1. The molecule has 1 aliphatic heterocycles. The first-order valence-corrected chi connectivity index (χ1v) is 10.7. The van der Waals surface area contributed by atoms with Gasteiger partial charge in [-0.3, -0.25) is 4.79 Å². The summed E-state index contributed by atoms with van der Waals surface area (Å²) in [6.07, 6.45) is 0.903. The Hall–Kier alpha value is -2.58. The largest absolute Gasteiger partial charge is 0.497 e. The van der Waals surface area contributed by atoms with Crippen molar-refractivity contribution in [2.24, 2.45) is 0 Å². The number of anilines is 3. The van der Waals surface area contributed by atoms with Crippen molar-refractivity contribution in [3.05, 3.63) is 54.1 Å². The van der Waals surface area contributed by atoms with Crippen molar-refractivity contribution in [1.29, 1.82) is 0 Å². The highest BCUT2D eigenvalue weighted by atomic mass is 32.2. The van der Waals surface area contributed by atoms with E-state index in [1.54, 1.807) is 7.11 Å². The number of hydrogen-bond acceptors (Lipinski definition) is 7. The number of rotatable bonds is 6. The number of ether oxygens (including phenoxy) is 1. The molecule has 3 aromatic rings. The third-order valence-corrected chi connectivity index (χ3v) is 6.48. The van der Waals surface area contributed by atoms with Crippen molar-refractivity contribution in [2.75, 3.05) is 23.1 Å². The van der Waals surface area contributed by atoms with E-state index in [0.717, 1.165) is 27.9 Å². The summed E-state index contributed by atoms with van der Waals surface area (Å²) < 4.78 is 5.99. The normalized spacial score (nSPS) is 15.4. The molecule has 8 heteroatoms. The van der Waals surface area contributed by atoms with E-state index in [0.29, 0.717) is 10.9 Å². The predicted octanol–water partition coefficient (Wildman–Crippen LogP) is 4.36. The van der Waals surface area contributed by atoms with Gasteiger partial charge in [-0.15, -0.1) is 10.2 Å². The van der Waals surface area contributed by atoms with Crippen molar-refractivity contribution < 1.29 is 9.53 Å². The minimum Gasteiger partial charge on any atom is -0.497 e. The number of nitrogens with one attached hydrogen (secondary N) is 1. The van der Waals surface area contributed by atoms with Crippen LogP contribution in [-0.2, 0) is 11.2 Å². The van der Waals surface area contributed by atoms with Gasteiger partial charge >= 0.3 is 0 Å². The quantitative estimate of drug-likeness (QED) is 0.607. The number of aromatic nitrogens is 2. The van der Waals surface area contributed by atoms with Gasteiger partial charge in [0, 0.05) is 23.5 Å². The summed E-state index contributed by atoms with van der Waals surface area (Å²) in [6, 6.07) is 15.9. The van der Waals surface area contributed by atoms with Crippen LogP contribution in [0.25, 0.3) is 0 Å². The van der Waals surface area contributed by atoms with E-state index in [1.165, 1.54) is 28.7 Å². The van der Waals surface area contributed by atoms with Crippen LogP contribution in [0, 0.1) is 0 Å². The van der Waals surface area contributed by atoms with Crippen LogP contribution in [0.5, 0.6) is 5.75 Å². The summed E-state index contributed by atoms with van der Waals surface area (Å²) in [5, 5.41) is 12.2. The van der Waals surface area contributed by atoms with Gasteiger partial charge in [0.15, 0.2) is 4.34 Å². The van der Waals surface area contributed by atoms with Gasteiger partial charge < -0.3 is 15.0 Å². The molecule has 6 nitrogen and oxygen atoms in total. The molecule has 0 spiro atoms. The van der Waals surface area contributed by atoms with E-state index < -0.39 is 0 Å². The van der Waals surface area contributed by atoms with Crippen molar-refractivity contribution in [1.82, 2.24) is 10.2 Å². The molecule has 2 heterocycles. The first-order chi connectivity index (χ1) is 13.6. The van der Waals surface area contributed by atoms with Crippen molar-refractivity contribution in [2.45, 2.75) is 23.7 Å². The number of hydrogen-bond donors (Lipinski definition) is 1. The molecule has 0 bridgehead atoms. The molecule has 0 saturated heterocycles. The molecule has 28 heavy (non-hydrogen) atoms. The van der Waals surface area contributed by atoms with Crippen LogP contribution in [0.1, 0.15) is 12.5 Å². The molecule has 4 rings (SSSR count). The van der Waals surface area contributed by atoms with Gasteiger partial charge in [-0.05, 0) is 37.1 Å². The van der Waals surface area contributed by atoms with Crippen LogP contribution in [-0.4, -0.2) is 35.0 Å². The van der Waals surface area contributed by atoms with Gasteiger partial charge in [-0.2, -0.15) is 0 Å². The number of benzene rings is 2. The second kappa shape index (κ2) is 8.20. The first kappa shape index (κ1) is 18.8. The first-order valence-electron chi connectivity index (χ1n) is 8.91. The van der Waals surface area contributed by atoms with Crippen molar-refractivity contribution in [3.8, 4) is 5.75 Å². The number of amides is 1. The maximum Gasteiger partial charge on any atom is 0.237 e. The van der Waals surface area contributed by atoms with E-state index in [4.69, 9.17) is 4.74 Å². The minimum absolute atomic E-state index is 0.0972. The fourth-order valence-corrected chi connectivity index (χ4v) is 4.91. The topological polar surface area (TPSA) is 67.3 Å². The zero-order valence-corrected chi connectivity index (χ0v) is 17.2. The average molecular weight is 413 g/mol. The van der Waals surface area contributed by atoms with Gasteiger partial charge in [-0.1, -0.05) is 47.4 Å². The molecule has 0 fully saturated rings. The second-order valence-corrected chi connectivity index (χ2v) is 8.66. The lowest BCUT2D eigenvalue weighted by Gasteiger charge is -2.22. The fraction of sp³-hybridized carbons (Fsp3) is 0.250. The van der Waals surface area contributed by atoms with E-state index in [-0.39, 0.29) is 11.9 Å². The van der Waals surface area contributed by atoms with Crippen molar-refractivity contribution in [3.63, 3.8) is 0 Å². The molecule has 0 unspecified atom stereocenters. The van der Waals surface area contributed by atoms with E-state index in [2.05, 4.69) is 28.5 Å². The van der Waals surface area contributed by atoms with Crippen LogP contribution in [0.2, 0.25) is 0 Å². The monoisotopic (exact) mass is 412 g/mol. The van der Waals surface area contributed by atoms with Gasteiger partial charge in [0.1, 0.15) is 5.75 Å². The Labute approximate surface area is 171 Å². The summed E-state index contributed by atoms with van der Waals surface area (Å²) in [5.74, 6) is 1.21. The Morgan fingerprint density at radius 1 is 1.29 bits per heavy atom. The Bertz CT molecular complexity index is 992. The SMILES string of the molecule is COc1cccc(Nc2nnc(SCC(=O)N3c4ccccc4C[C@@H]3C)s2)c1. The Balaban J connectivity index is 1.37. The molecule has 0 aliphatic carbocycles. The number of thioether (sulfide) groups is 1. The molecular formula is C20H20N4O2S2. The smallest absolute Gasteiger partial charge is 0.237 e. The highest BCUT2D eigenvalue weighted by molar-refractivity contribution is 8.01. The Morgan fingerprint density at radius 3 is 3.00 bits per heavy atom. The molecule has 1 amide bonds. The number of carbonyl (C=O) groups is 1. The molecule has 0 saturated carbocycles. The average Bonchev–Trinajstić information content (AvgIpc) is 3.29. The summed E-state index contributed by atoms with van der Waals surface area (Å²) >= 11 is 2.85. The number of nitrogens with zero attached hydrogens (tertiary/aromatic N) is 3. The zero-order valence-electron chi connectivity index (χ0n) is 15.6. The summed E-state index contributed by atoms with van der Waals surface area (Å²) in [6.45, 7) is 2.09. The molecule has 0 radical (unpaired) electrons. The van der Waals surface area contributed by atoms with E-state index in [9.17, 15) is 4.79 Å². The summed E-state index contributed by atoms with van der Waals surface area (Å²) in [4.78, 5) is 14.7. The number of para-hydroxylation sites is 1. The molecule has 1 atom stereocenters. The third kappa shape index (κ3) is 3.98. The molecular weight excluding hydrogens is 392 g/mol. The van der Waals surface area contributed by atoms with Gasteiger partial charge in [0.25, 0.3) is 0 Å². The second-order valence-electron chi connectivity index (χ2n) is 6.46. The maximum absolute atomic E-state index is 12.8. The number of methoxy groups -OCH3 is 1. The third-order valence-electron chi connectivity index (χ3n) is 4.52. The van der Waals surface area contributed by atoms with Gasteiger partial charge in [-0.25, -0.2) is 0 Å². The molecule has 144 valence electrons. The lowest BCUT2D eigenvalue weighted by molar-refractivity contribution is -0.116. The maximum atomic E-state index is 12.8. The summed E-state index contributed by atoms with van der Waals surface area (Å²) in [5.41, 5.74) is 3.14. The highest BCUT2D eigenvalue weighted by Crippen LogP contribution is 2.34. The summed E-state index contributed by atoms with van der Waals surface area (Å²) in [7, 11) is 1.63. The Kier molecular flexibility index (Phi) is 5.50. The van der Waals surface area contributed by atoms with Crippen LogP contribution in [0.3, 0.4) is 0 Å². The minimum atomic E-state index is 0.0972.